The zero-order valence-electron chi connectivity index (χ0n) is 12.7. The van der Waals surface area contributed by atoms with Crippen LogP contribution in [0.1, 0.15) is 52.1 Å². The van der Waals surface area contributed by atoms with E-state index in [-0.39, 0.29) is 0 Å². The van der Waals surface area contributed by atoms with Crippen molar-refractivity contribution in [3.8, 4) is 0 Å². The monoisotopic (exact) mass is 296 g/mol. The van der Waals surface area contributed by atoms with Crippen LogP contribution in [0.4, 0.5) is 5.13 Å². The van der Waals surface area contributed by atoms with Gasteiger partial charge in [-0.25, -0.2) is 4.98 Å². The van der Waals surface area contributed by atoms with Crippen LogP contribution in [0, 0.1) is 5.92 Å². The molecule has 1 N–H and O–H groups in total. The van der Waals surface area contributed by atoms with E-state index in [4.69, 9.17) is 0 Å². The quantitative estimate of drug-likeness (QED) is 0.923. The normalized spacial score (nSPS) is 23.6. The maximum atomic E-state index is 11.3. The van der Waals surface area contributed by atoms with E-state index >= 15 is 0 Å². The van der Waals surface area contributed by atoms with Crippen molar-refractivity contribution in [2.75, 3.05) is 11.9 Å². The highest BCUT2D eigenvalue weighted by Gasteiger charge is 2.33. The number of carbonyl (C=O) groups is 1. The van der Waals surface area contributed by atoms with Crippen LogP contribution in [-0.2, 0) is 10.2 Å². The molecule has 0 saturated heterocycles. The summed E-state index contributed by atoms with van der Waals surface area (Å²) < 4.78 is 0. The summed E-state index contributed by atoms with van der Waals surface area (Å²) in [6.45, 7) is 5.72. The highest BCUT2D eigenvalue weighted by molar-refractivity contribution is 7.13. The number of rotatable bonds is 4. The third-order valence-electron chi connectivity index (χ3n) is 4.43. The zero-order chi connectivity index (χ0) is 14.9. The van der Waals surface area contributed by atoms with Gasteiger partial charge in [-0.2, -0.15) is 0 Å². The van der Waals surface area contributed by atoms with Crippen LogP contribution in [0.2, 0.25) is 0 Å². The van der Waals surface area contributed by atoms with Gasteiger partial charge in [0.2, 0.25) is 0 Å². The molecule has 1 fully saturated rings. The topological polar surface area (TPSA) is 53.4 Å². The fourth-order valence-corrected chi connectivity index (χ4v) is 3.76. The van der Waals surface area contributed by atoms with Crippen LogP contribution in [0.5, 0.6) is 0 Å². The summed E-state index contributed by atoms with van der Waals surface area (Å²) in [5, 5.41) is 12.1. The molecule has 0 spiro atoms. The Kier molecular flexibility index (Phi) is 4.37. The molecule has 1 aromatic rings. The van der Waals surface area contributed by atoms with Crippen LogP contribution in [0.25, 0.3) is 0 Å². The minimum atomic E-state index is -0.921. The van der Waals surface area contributed by atoms with Gasteiger partial charge in [0.15, 0.2) is 5.13 Å². The van der Waals surface area contributed by atoms with Gasteiger partial charge >= 0.3 is 5.97 Å². The molecule has 0 aromatic carbocycles. The summed E-state index contributed by atoms with van der Waals surface area (Å²) >= 11 is 1.55. The molecule has 5 heteroatoms. The minimum absolute atomic E-state index is 0.533. The summed E-state index contributed by atoms with van der Waals surface area (Å²) in [5.74, 6) is -0.0608. The average Bonchev–Trinajstić information content (AvgIpc) is 2.87. The van der Waals surface area contributed by atoms with Gasteiger partial charge < -0.3 is 10.0 Å². The Labute approximate surface area is 124 Å². The van der Waals surface area contributed by atoms with Gasteiger partial charge in [0.05, 0.1) is 5.69 Å². The molecule has 112 valence electrons. The van der Waals surface area contributed by atoms with E-state index in [9.17, 15) is 9.90 Å². The molecule has 0 radical (unpaired) electrons. The highest BCUT2D eigenvalue weighted by Crippen LogP contribution is 2.33. The van der Waals surface area contributed by atoms with E-state index in [0.717, 1.165) is 11.0 Å². The van der Waals surface area contributed by atoms with Gasteiger partial charge in [-0.15, -0.1) is 11.3 Å². The average molecular weight is 296 g/mol. The minimum Gasteiger partial charge on any atom is -0.481 e. The van der Waals surface area contributed by atoms with Gasteiger partial charge in [-0.1, -0.05) is 19.8 Å². The molecule has 1 heterocycles. The predicted octanol–water partition coefficient (Wildman–Crippen LogP) is 3.52. The number of carboxylic acids is 1. The van der Waals surface area contributed by atoms with Crippen molar-refractivity contribution >= 4 is 22.4 Å². The summed E-state index contributed by atoms with van der Waals surface area (Å²) in [7, 11) is 2.08. The summed E-state index contributed by atoms with van der Waals surface area (Å²) in [4.78, 5) is 18.1. The third kappa shape index (κ3) is 2.97. The number of hydrogen-bond donors (Lipinski definition) is 1. The van der Waals surface area contributed by atoms with Crippen LogP contribution < -0.4 is 4.90 Å². The van der Waals surface area contributed by atoms with Crippen LogP contribution in [-0.4, -0.2) is 29.1 Å². The van der Waals surface area contributed by atoms with Gasteiger partial charge in [0.1, 0.15) is 5.41 Å². The Bertz CT molecular complexity index is 484. The molecule has 4 nitrogen and oxygen atoms in total. The molecule has 1 saturated carbocycles. The van der Waals surface area contributed by atoms with Crippen molar-refractivity contribution in [1.82, 2.24) is 4.98 Å². The van der Waals surface area contributed by atoms with Crippen LogP contribution >= 0.6 is 11.3 Å². The molecule has 2 rings (SSSR count). The van der Waals surface area contributed by atoms with Crippen LogP contribution in [0.3, 0.4) is 0 Å². The highest BCUT2D eigenvalue weighted by atomic mass is 32.1. The molecular formula is C15H24N2O2S. The number of aromatic nitrogens is 1. The fraction of sp³-hybridized carbons (Fsp3) is 0.733. The SMILES string of the molecule is CC1CCCC(N(C)c2nc(C(C)(C)C(=O)O)cs2)C1. The van der Waals surface area contributed by atoms with Crippen molar-refractivity contribution in [2.45, 2.75) is 57.9 Å². The third-order valence-corrected chi connectivity index (χ3v) is 5.36. The van der Waals surface area contributed by atoms with E-state index in [1.165, 1.54) is 25.7 Å². The first kappa shape index (κ1) is 15.3. The molecular weight excluding hydrogens is 272 g/mol. The van der Waals surface area contributed by atoms with Gasteiger partial charge in [0, 0.05) is 18.5 Å². The smallest absolute Gasteiger partial charge is 0.315 e. The van der Waals surface area contributed by atoms with Gasteiger partial charge in [-0.3, -0.25) is 4.79 Å². The first-order valence-corrected chi connectivity index (χ1v) is 8.12. The molecule has 20 heavy (non-hydrogen) atoms. The summed E-state index contributed by atoms with van der Waals surface area (Å²) in [6, 6.07) is 0.533. The Hall–Kier alpha value is -1.10. The first-order chi connectivity index (χ1) is 9.32. The Morgan fingerprint density at radius 1 is 1.50 bits per heavy atom. The maximum absolute atomic E-state index is 11.3. The lowest BCUT2D eigenvalue weighted by Gasteiger charge is -2.34. The zero-order valence-corrected chi connectivity index (χ0v) is 13.5. The summed E-state index contributed by atoms with van der Waals surface area (Å²) in [5.41, 5.74) is -0.268. The molecule has 0 aliphatic heterocycles. The van der Waals surface area contributed by atoms with E-state index < -0.39 is 11.4 Å². The lowest BCUT2D eigenvalue weighted by atomic mass is 9.86. The van der Waals surface area contributed by atoms with Gasteiger partial charge in [-0.05, 0) is 32.6 Å². The number of thiazole rings is 1. The van der Waals surface area contributed by atoms with Crippen molar-refractivity contribution in [3.63, 3.8) is 0 Å². The Morgan fingerprint density at radius 3 is 2.80 bits per heavy atom. The van der Waals surface area contributed by atoms with E-state index in [1.807, 2.05) is 5.38 Å². The van der Waals surface area contributed by atoms with Crippen molar-refractivity contribution in [3.05, 3.63) is 11.1 Å². The van der Waals surface area contributed by atoms with E-state index in [2.05, 4.69) is 23.9 Å². The number of carboxylic acid groups (broad SMARTS) is 1. The molecule has 1 aliphatic carbocycles. The number of aliphatic carboxylic acids is 1. The molecule has 0 amide bonds. The number of nitrogens with zero attached hydrogens (tertiary/aromatic N) is 2. The first-order valence-electron chi connectivity index (χ1n) is 7.24. The second kappa shape index (κ2) is 5.72. The van der Waals surface area contributed by atoms with Crippen molar-refractivity contribution in [1.29, 1.82) is 0 Å². The standard InChI is InChI=1S/C15H24N2O2S/c1-10-6-5-7-11(8-10)17(4)14-16-12(9-20-14)15(2,3)13(18)19/h9-11H,5-8H2,1-4H3,(H,18,19). The van der Waals surface area contributed by atoms with Crippen LogP contribution in [0.15, 0.2) is 5.38 Å². The Balaban J connectivity index is 2.14. The number of hydrogen-bond acceptors (Lipinski definition) is 4. The maximum Gasteiger partial charge on any atom is 0.315 e. The molecule has 1 aromatic heterocycles. The number of anilines is 1. The lowest BCUT2D eigenvalue weighted by molar-refractivity contribution is -0.142. The molecule has 2 atom stereocenters. The largest absolute Gasteiger partial charge is 0.481 e. The van der Waals surface area contributed by atoms with E-state index in [1.54, 1.807) is 25.2 Å². The summed E-state index contributed by atoms with van der Waals surface area (Å²) in [6.07, 6.45) is 5.00. The lowest BCUT2D eigenvalue weighted by Crippen LogP contribution is -2.35. The van der Waals surface area contributed by atoms with Crippen molar-refractivity contribution in [2.24, 2.45) is 5.92 Å². The van der Waals surface area contributed by atoms with E-state index in [0.29, 0.717) is 11.7 Å². The fourth-order valence-electron chi connectivity index (χ4n) is 2.73. The molecule has 1 aliphatic rings. The Morgan fingerprint density at radius 2 is 2.20 bits per heavy atom. The second-order valence-electron chi connectivity index (χ2n) is 6.48. The molecule has 0 bridgehead atoms. The predicted molar refractivity (Wildman–Crippen MR) is 82.6 cm³/mol. The molecule has 2 unspecified atom stereocenters. The second-order valence-corrected chi connectivity index (χ2v) is 7.32. The van der Waals surface area contributed by atoms with Crippen molar-refractivity contribution < 1.29 is 9.90 Å². The van der Waals surface area contributed by atoms with Gasteiger partial charge in [0.25, 0.3) is 0 Å².